The van der Waals surface area contributed by atoms with Crippen LogP contribution < -0.4 is 0 Å². The van der Waals surface area contributed by atoms with Crippen LogP contribution in [0.15, 0.2) is 46.8 Å². The third kappa shape index (κ3) is 3.26. The zero-order valence-corrected chi connectivity index (χ0v) is 14.6. The van der Waals surface area contributed by atoms with Crippen molar-refractivity contribution in [2.45, 2.75) is 33.6 Å². The summed E-state index contributed by atoms with van der Waals surface area (Å²) in [5.41, 5.74) is 4.04. The number of benzene rings is 1. The minimum atomic E-state index is -0.435. The maximum atomic E-state index is 11.0. The van der Waals surface area contributed by atoms with E-state index in [1.165, 1.54) is 12.1 Å². The third-order valence-electron chi connectivity index (χ3n) is 3.97. The van der Waals surface area contributed by atoms with Gasteiger partial charge in [0, 0.05) is 18.3 Å². The minimum absolute atomic E-state index is 0.00220. The molecule has 128 valence electrons. The van der Waals surface area contributed by atoms with Crippen molar-refractivity contribution >= 4 is 22.8 Å². The molecule has 0 aliphatic heterocycles. The molecule has 7 nitrogen and oxygen atoms in total. The molecule has 0 fully saturated rings. The van der Waals surface area contributed by atoms with Gasteiger partial charge < -0.3 is 0 Å². The molecule has 0 radical (unpaired) electrons. The highest BCUT2D eigenvalue weighted by atomic mass is 16.6. The van der Waals surface area contributed by atoms with Crippen LogP contribution in [0.4, 0.5) is 17.2 Å². The van der Waals surface area contributed by atoms with E-state index in [2.05, 4.69) is 15.2 Å². The molecule has 0 aliphatic rings. The van der Waals surface area contributed by atoms with Crippen LogP contribution in [0.5, 0.6) is 0 Å². The van der Waals surface area contributed by atoms with Crippen LogP contribution in [-0.4, -0.2) is 14.3 Å². The first kappa shape index (κ1) is 16.8. The molecular weight excluding hydrogens is 318 g/mol. The maximum absolute atomic E-state index is 11.0. The molecule has 0 spiro atoms. The molecule has 1 aromatic carbocycles. The summed E-state index contributed by atoms with van der Waals surface area (Å²) in [5.74, 6) is 0.833. The number of aryl methyl sites for hydroxylation is 2. The molecule has 7 heteroatoms. The summed E-state index contributed by atoms with van der Waals surface area (Å²) in [6.07, 6.45) is 1.96. The molecule has 0 aliphatic carbocycles. The quantitative estimate of drug-likeness (QED) is 0.363. The number of hydrogen-bond donors (Lipinski definition) is 0. The van der Waals surface area contributed by atoms with Gasteiger partial charge in [-0.15, -0.1) is 10.2 Å². The number of nitro groups is 1. The normalized spacial score (nSPS) is 11.7. The maximum Gasteiger partial charge on any atom is 0.271 e. The average molecular weight is 337 g/mol. The predicted molar refractivity (Wildman–Crippen MR) is 96.0 cm³/mol. The Morgan fingerprint density at radius 3 is 2.60 bits per heavy atom. The van der Waals surface area contributed by atoms with Crippen molar-refractivity contribution < 1.29 is 4.92 Å². The number of nitrogens with zero attached hydrogens (tertiary/aromatic N) is 5. The van der Waals surface area contributed by atoms with Crippen molar-refractivity contribution in [2.75, 3.05) is 0 Å². The zero-order valence-electron chi connectivity index (χ0n) is 14.6. The number of rotatable bonds is 4. The van der Waals surface area contributed by atoms with Crippen molar-refractivity contribution in [3.8, 4) is 0 Å². The van der Waals surface area contributed by atoms with Crippen LogP contribution in [0.25, 0.3) is 5.65 Å². The lowest BCUT2D eigenvalue weighted by Crippen LogP contribution is -1.89. The van der Waals surface area contributed by atoms with E-state index in [0.29, 0.717) is 11.5 Å². The third-order valence-corrected chi connectivity index (χ3v) is 3.97. The molecule has 0 atom stereocenters. The lowest BCUT2D eigenvalue weighted by atomic mass is 10.1. The Balaban J connectivity index is 2.12. The first-order chi connectivity index (χ1) is 11.9. The van der Waals surface area contributed by atoms with Gasteiger partial charge in [0.1, 0.15) is 5.65 Å². The van der Waals surface area contributed by atoms with Gasteiger partial charge in [-0.25, -0.2) is 4.98 Å². The van der Waals surface area contributed by atoms with Crippen molar-refractivity contribution in [1.29, 1.82) is 0 Å². The minimum Gasteiger partial charge on any atom is -0.283 e. The van der Waals surface area contributed by atoms with Crippen LogP contribution in [-0.2, 0) is 0 Å². The molecular formula is C18H19N5O2. The highest BCUT2D eigenvalue weighted by molar-refractivity contribution is 5.55. The number of aromatic nitrogens is 2. The van der Waals surface area contributed by atoms with Crippen molar-refractivity contribution in [2.24, 2.45) is 10.2 Å². The second kappa shape index (κ2) is 6.43. The van der Waals surface area contributed by atoms with Crippen molar-refractivity contribution in [3.63, 3.8) is 0 Å². The molecule has 0 bridgehead atoms. The van der Waals surface area contributed by atoms with E-state index in [0.717, 1.165) is 22.5 Å². The lowest BCUT2D eigenvalue weighted by Gasteiger charge is -2.03. The van der Waals surface area contributed by atoms with Gasteiger partial charge in [0.05, 0.1) is 16.3 Å². The van der Waals surface area contributed by atoms with E-state index in [9.17, 15) is 10.1 Å². The second-order valence-electron chi connectivity index (χ2n) is 6.34. The average Bonchev–Trinajstić information content (AvgIpc) is 2.92. The number of nitro benzene ring substituents is 1. The molecule has 3 aromatic rings. The molecule has 25 heavy (non-hydrogen) atoms. The summed E-state index contributed by atoms with van der Waals surface area (Å²) >= 11 is 0. The van der Waals surface area contributed by atoms with E-state index in [-0.39, 0.29) is 11.6 Å². The monoisotopic (exact) mass is 337 g/mol. The Kier molecular flexibility index (Phi) is 4.31. The number of hydrogen-bond acceptors (Lipinski definition) is 5. The van der Waals surface area contributed by atoms with Crippen LogP contribution in [0, 0.1) is 24.0 Å². The fraction of sp³-hybridized carbons (Fsp3) is 0.278. The van der Waals surface area contributed by atoms with Gasteiger partial charge in [-0.2, -0.15) is 0 Å². The lowest BCUT2D eigenvalue weighted by molar-refractivity contribution is -0.384. The summed E-state index contributed by atoms with van der Waals surface area (Å²) in [6.45, 7) is 7.94. The van der Waals surface area contributed by atoms with Crippen LogP contribution in [0.2, 0.25) is 0 Å². The Morgan fingerprint density at radius 1 is 1.16 bits per heavy atom. The fourth-order valence-electron chi connectivity index (χ4n) is 2.56. The van der Waals surface area contributed by atoms with Gasteiger partial charge in [-0.3, -0.25) is 14.5 Å². The fourth-order valence-corrected chi connectivity index (χ4v) is 2.56. The predicted octanol–water partition coefficient (Wildman–Crippen LogP) is 5.40. The first-order valence-corrected chi connectivity index (χ1v) is 8.02. The highest BCUT2D eigenvalue weighted by Crippen LogP contribution is 2.31. The van der Waals surface area contributed by atoms with Crippen molar-refractivity contribution in [1.82, 2.24) is 9.38 Å². The molecule has 2 heterocycles. The Hall–Kier alpha value is -3.09. The van der Waals surface area contributed by atoms with Gasteiger partial charge in [-0.05, 0) is 37.0 Å². The second-order valence-corrected chi connectivity index (χ2v) is 6.34. The Bertz CT molecular complexity index is 989. The number of non-ortho nitro benzene ring substituents is 1. The molecule has 0 amide bonds. The van der Waals surface area contributed by atoms with Gasteiger partial charge in [0.2, 0.25) is 0 Å². The van der Waals surface area contributed by atoms with Crippen molar-refractivity contribution in [3.05, 3.63) is 63.5 Å². The summed E-state index contributed by atoms with van der Waals surface area (Å²) in [6, 6.07) is 8.51. The number of fused-ring (bicyclic) bond motifs is 1. The largest absolute Gasteiger partial charge is 0.283 e. The van der Waals surface area contributed by atoms with E-state index in [1.54, 1.807) is 6.07 Å². The van der Waals surface area contributed by atoms with Crippen LogP contribution in [0.3, 0.4) is 0 Å². The molecule has 2 aromatic heterocycles. The standard InChI is InChI=1S/C18H19N5O2/c1-11(2)17-18(22-10-12(3)5-8-16(22)19-17)21-20-15-9-14(23(24)25)7-6-13(15)4/h5-11H,1-4H3. The Morgan fingerprint density at radius 2 is 1.92 bits per heavy atom. The van der Waals surface area contributed by atoms with E-state index >= 15 is 0 Å². The summed E-state index contributed by atoms with van der Waals surface area (Å²) in [4.78, 5) is 15.2. The number of azo groups is 1. The number of pyridine rings is 1. The molecule has 3 rings (SSSR count). The smallest absolute Gasteiger partial charge is 0.271 e. The number of imidazole rings is 1. The van der Waals surface area contributed by atoms with Gasteiger partial charge in [-0.1, -0.05) is 26.0 Å². The summed E-state index contributed by atoms with van der Waals surface area (Å²) in [7, 11) is 0. The van der Waals surface area contributed by atoms with Crippen LogP contribution >= 0.6 is 0 Å². The highest BCUT2D eigenvalue weighted by Gasteiger charge is 2.15. The van der Waals surface area contributed by atoms with Gasteiger partial charge in [0.15, 0.2) is 5.82 Å². The van der Waals surface area contributed by atoms with E-state index in [4.69, 9.17) is 0 Å². The van der Waals surface area contributed by atoms with Gasteiger partial charge in [0.25, 0.3) is 5.69 Å². The summed E-state index contributed by atoms with van der Waals surface area (Å²) in [5, 5.41) is 19.6. The summed E-state index contributed by atoms with van der Waals surface area (Å²) < 4.78 is 1.90. The Labute approximate surface area is 145 Å². The van der Waals surface area contributed by atoms with Crippen LogP contribution in [0.1, 0.15) is 36.6 Å². The zero-order chi connectivity index (χ0) is 18.1. The van der Waals surface area contributed by atoms with E-state index < -0.39 is 4.92 Å². The molecule has 0 saturated carbocycles. The van der Waals surface area contributed by atoms with E-state index in [1.807, 2.05) is 50.4 Å². The van der Waals surface area contributed by atoms with Gasteiger partial charge >= 0.3 is 0 Å². The SMILES string of the molecule is Cc1ccc2nc(C(C)C)c(N=Nc3cc([N+](=O)[O-])ccc3C)n2c1. The first-order valence-electron chi connectivity index (χ1n) is 8.02. The molecule has 0 N–H and O–H groups in total. The molecule has 0 unspecified atom stereocenters. The topological polar surface area (TPSA) is 85.2 Å². The molecule has 0 saturated heterocycles.